The molecule has 0 radical (unpaired) electrons. The summed E-state index contributed by atoms with van der Waals surface area (Å²) in [5.74, 6) is 0. The molecule has 3 heteroatoms. The fourth-order valence-corrected chi connectivity index (χ4v) is 5.67. The van der Waals surface area contributed by atoms with E-state index in [9.17, 15) is 0 Å². The van der Waals surface area contributed by atoms with E-state index < -0.39 is 0 Å². The van der Waals surface area contributed by atoms with Gasteiger partial charge in [-0.2, -0.15) is 0 Å². The summed E-state index contributed by atoms with van der Waals surface area (Å²) in [7, 11) is -0.365. The summed E-state index contributed by atoms with van der Waals surface area (Å²) in [5.41, 5.74) is 6.79. The minimum absolute atomic E-state index is 0.124. The molecule has 1 aliphatic heterocycles. The van der Waals surface area contributed by atoms with E-state index in [0.29, 0.717) is 0 Å². The highest BCUT2D eigenvalue weighted by Gasteiger charge is 2.51. The Bertz CT molecular complexity index is 1600. The molecule has 1 heterocycles. The molecule has 5 aromatic rings. The molecule has 0 amide bonds. The highest BCUT2D eigenvalue weighted by Crippen LogP contribution is 2.44. The van der Waals surface area contributed by atoms with Crippen LogP contribution >= 0.6 is 0 Å². The lowest BCUT2D eigenvalue weighted by atomic mass is 9.78. The topological polar surface area (TPSA) is 18.5 Å². The number of benzene rings is 5. The van der Waals surface area contributed by atoms with Gasteiger partial charge in [0.1, 0.15) is 0 Å². The van der Waals surface area contributed by atoms with Crippen molar-refractivity contribution in [1.29, 1.82) is 0 Å². The standard InChI is InChI=1S/C36H37BO2/c1-34(2,3)26-20-16-24(17-21-26)32-28-12-8-10-14-30(28)33(31-15-11-9-13-29(31)32)25-18-22-27(23-19-25)37-38-35(4,5)36(6,7)39-37/h8-23H,1-7H3. The van der Waals surface area contributed by atoms with Crippen molar-refractivity contribution < 1.29 is 9.31 Å². The zero-order valence-corrected chi connectivity index (χ0v) is 24.1. The van der Waals surface area contributed by atoms with Crippen LogP contribution in [0.15, 0.2) is 97.1 Å². The van der Waals surface area contributed by atoms with Gasteiger partial charge in [0.25, 0.3) is 0 Å². The SMILES string of the molecule is CC(C)(C)c1ccc(-c2c3ccccc3c(-c3ccc(B4OC(C)(C)C(C)(C)O4)cc3)c3ccccc23)cc1. The zero-order chi connectivity index (χ0) is 27.6. The Balaban J connectivity index is 1.51. The molecule has 196 valence electrons. The van der Waals surface area contributed by atoms with Crippen LogP contribution in [0.4, 0.5) is 0 Å². The van der Waals surface area contributed by atoms with Crippen LogP contribution in [0.25, 0.3) is 43.8 Å². The van der Waals surface area contributed by atoms with Crippen molar-refractivity contribution in [2.45, 2.75) is 65.1 Å². The van der Waals surface area contributed by atoms with Gasteiger partial charge in [-0.1, -0.05) is 118 Å². The van der Waals surface area contributed by atoms with E-state index >= 15 is 0 Å². The summed E-state index contributed by atoms with van der Waals surface area (Å²) in [6.07, 6.45) is 0. The van der Waals surface area contributed by atoms with Crippen molar-refractivity contribution in [2.75, 3.05) is 0 Å². The van der Waals surface area contributed by atoms with E-state index in [4.69, 9.17) is 9.31 Å². The molecule has 5 aromatic carbocycles. The smallest absolute Gasteiger partial charge is 0.399 e. The third-order valence-electron chi connectivity index (χ3n) is 8.70. The van der Waals surface area contributed by atoms with E-state index in [1.807, 2.05) is 0 Å². The highest BCUT2D eigenvalue weighted by atomic mass is 16.7. The normalized spacial score (nSPS) is 16.7. The summed E-state index contributed by atoms with van der Waals surface area (Å²) >= 11 is 0. The van der Waals surface area contributed by atoms with Gasteiger partial charge in [-0.05, 0) is 87.9 Å². The molecule has 1 aliphatic rings. The van der Waals surface area contributed by atoms with Crippen LogP contribution in [0.5, 0.6) is 0 Å². The summed E-state index contributed by atoms with van der Waals surface area (Å²) in [6, 6.07) is 35.5. The number of hydrogen-bond acceptors (Lipinski definition) is 2. The first-order chi connectivity index (χ1) is 18.5. The molecule has 0 spiro atoms. The fourth-order valence-electron chi connectivity index (χ4n) is 5.67. The minimum atomic E-state index is -0.365. The molecule has 0 atom stereocenters. The van der Waals surface area contributed by atoms with Crippen LogP contribution in [-0.4, -0.2) is 18.3 Å². The van der Waals surface area contributed by atoms with Crippen molar-refractivity contribution in [2.24, 2.45) is 0 Å². The second-order valence-corrected chi connectivity index (χ2v) is 12.9. The average Bonchev–Trinajstić information content (AvgIpc) is 3.13. The van der Waals surface area contributed by atoms with Gasteiger partial charge in [-0.3, -0.25) is 0 Å². The highest BCUT2D eigenvalue weighted by molar-refractivity contribution is 6.62. The molecule has 1 saturated heterocycles. The first-order valence-electron chi connectivity index (χ1n) is 14.0. The van der Waals surface area contributed by atoms with Crippen molar-refractivity contribution in [3.8, 4) is 22.3 Å². The predicted octanol–water partition coefficient (Wildman–Crippen LogP) is 8.92. The van der Waals surface area contributed by atoms with Gasteiger partial charge in [-0.15, -0.1) is 0 Å². The van der Waals surface area contributed by atoms with Crippen molar-refractivity contribution in [3.05, 3.63) is 103 Å². The van der Waals surface area contributed by atoms with E-state index in [1.54, 1.807) is 0 Å². The Kier molecular flexibility index (Phi) is 6.02. The quantitative estimate of drug-likeness (QED) is 0.178. The molecule has 0 unspecified atom stereocenters. The van der Waals surface area contributed by atoms with Crippen LogP contribution in [0.3, 0.4) is 0 Å². The van der Waals surface area contributed by atoms with E-state index in [2.05, 4.69) is 146 Å². The van der Waals surface area contributed by atoms with Crippen LogP contribution in [-0.2, 0) is 14.7 Å². The van der Waals surface area contributed by atoms with Crippen LogP contribution in [0.2, 0.25) is 0 Å². The third kappa shape index (κ3) is 4.38. The Morgan fingerprint density at radius 1 is 0.513 bits per heavy atom. The first kappa shape index (κ1) is 25.9. The maximum absolute atomic E-state index is 6.31. The van der Waals surface area contributed by atoms with Gasteiger partial charge in [0.15, 0.2) is 0 Å². The number of hydrogen-bond donors (Lipinski definition) is 0. The molecule has 39 heavy (non-hydrogen) atoms. The van der Waals surface area contributed by atoms with Gasteiger partial charge < -0.3 is 9.31 Å². The monoisotopic (exact) mass is 512 g/mol. The summed E-state index contributed by atoms with van der Waals surface area (Å²) < 4.78 is 12.6. The molecule has 2 nitrogen and oxygen atoms in total. The van der Waals surface area contributed by atoms with Gasteiger partial charge in [0.2, 0.25) is 0 Å². The summed E-state index contributed by atoms with van der Waals surface area (Å²) in [6.45, 7) is 15.2. The molecule has 6 rings (SSSR count). The van der Waals surface area contributed by atoms with E-state index in [0.717, 1.165) is 5.46 Å². The third-order valence-corrected chi connectivity index (χ3v) is 8.70. The second kappa shape index (κ2) is 9.08. The molecule has 0 bridgehead atoms. The predicted molar refractivity (Wildman–Crippen MR) is 167 cm³/mol. The number of fused-ring (bicyclic) bond motifs is 2. The fraction of sp³-hybridized carbons (Fsp3) is 0.278. The lowest BCUT2D eigenvalue weighted by Crippen LogP contribution is -2.41. The number of rotatable bonds is 3. The van der Waals surface area contributed by atoms with E-state index in [-0.39, 0.29) is 23.7 Å². The maximum atomic E-state index is 6.31. The first-order valence-corrected chi connectivity index (χ1v) is 14.0. The second-order valence-electron chi connectivity index (χ2n) is 12.9. The lowest BCUT2D eigenvalue weighted by Gasteiger charge is -2.32. The maximum Gasteiger partial charge on any atom is 0.494 e. The molecule has 0 N–H and O–H groups in total. The molecular formula is C36H37BO2. The van der Waals surface area contributed by atoms with Crippen LogP contribution < -0.4 is 5.46 Å². The molecular weight excluding hydrogens is 475 g/mol. The van der Waals surface area contributed by atoms with Crippen LogP contribution in [0, 0.1) is 0 Å². The van der Waals surface area contributed by atoms with Crippen molar-refractivity contribution in [3.63, 3.8) is 0 Å². The van der Waals surface area contributed by atoms with Crippen molar-refractivity contribution in [1.82, 2.24) is 0 Å². The van der Waals surface area contributed by atoms with Gasteiger partial charge in [0.05, 0.1) is 11.2 Å². The molecule has 0 saturated carbocycles. The average molecular weight is 513 g/mol. The Morgan fingerprint density at radius 3 is 1.23 bits per heavy atom. The minimum Gasteiger partial charge on any atom is -0.399 e. The van der Waals surface area contributed by atoms with Gasteiger partial charge in [-0.25, -0.2) is 0 Å². The summed E-state index contributed by atoms with van der Waals surface area (Å²) in [5, 5.41) is 5.05. The van der Waals surface area contributed by atoms with Crippen LogP contribution in [0.1, 0.15) is 54.0 Å². The van der Waals surface area contributed by atoms with Gasteiger partial charge in [0, 0.05) is 0 Å². The zero-order valence-electron chi connectivity index (χ0n) is 24.1. The van der Waals surface area contributed by atoms with Crippen molar-refractivity contribution >= 4 is 34.1 Å². The Morgan fingerprint density at radius 2 is 0.872 bits per heavy atom. The van der Waals surface area contributed by atoms with E-state index in [1.165, 1.54) is 49.4 Å². The lowest BCUT2D eigenvalue weighted by molar-refractivity contribution is 0.00578. The molecule has 0 aromatic heterocycles. The molecule has 1 fully saturated rings. The Labute approximate surface area is 233 Å². The molecule has 0 aliphatic carbocycles. The summed E-state index contributed by atoms with van der Waals surface area (Å²) in [4.78, 5) is 0. The van der Waals surface area contributed by atoms with Gasteiger partial charge >= 0.3 is 7.12 Å². The largest absolute Gasteiger partial charge is 0.494 e. The Hall–Kier alpha value is -3.40.